The fourth-order valence-corrected chi connectivity index (χ4v) is 2.47. The number of nitrogens with two attached hydrogens (primary N) is 1. The Balaban J connectivity index is 2.17. The molecule has 0 aliphatic carbocycles. The lowest BCUT2D eigenvalue weighted by Gasteiger charge is -2.36. The minimum atomic E-state index is -0.888. The van der Waals surface area contributed by atoms with Crippen molar-refractivity contribution >= 4 is 11.4 Å². The summed E-state index contributed by atoms with van der Waals surface area (Å²) in [5, 5.41) is 3.06. The van der Waals surface area contributed by atoms with E-state index in [9.17, 15) is 8.78 Å². The molecule has 1 aromatic rings. The van der Waals surface area contributed by atoms with Gasteiger partial charge in [0.15, 0.2) is 11.6 Å². The fraction of sp³-hybridized carbons (Fsp3) is 0.538. The normalized spacial score (nSPS) is 25.1. The number of anilines is 2. The van der Waals surface area contributed by atoms with Crippen LogP contribution in [0.25, 0.3) is 0 Å². The average molecular weight is 255 g/mol. The maximum atomic E-state index is 13.7. The summed E-state index contributed by atoms with van der Waals surface area (Å²) in [6, 6.07) is 2.56. The van der Waals surface area contributed by atoms with Crippen LogP contribution in [-0.4, -0.2) is 31.1 Å². The molecule has 0 saturated carbocycles. The largest absolute Gasteiger partial charge is 0.397 e. The van der Waals surface area contributed by atoms with E-state index in [1.165, 1.54) is 6.07 Å². The van der Waals surface area contributed by atoms with Crippen molar-refractivity contribution in [2.24, 2.45) is 5.92 Å². The van der Waals surface area contributed by atoms with Gasteiger partial charge in [0, 0.05) is 12.6 Å². The van der Waals surface area contributed by atoms with Crippen LogP contribution >= 0.6 is 0 Å². The van der Waals surface area contributed by atoms with Crippen molar-refractivity contribution in [2.45, 2.75) is 19.4 Å². The SMILES string of the molecule is CC1CN(C)CCC1Nc1c(N)ccc(F)c1F. The molecule has 1 saturated heterocycles. The molecule has 1 aromatic carbocycles. The molecule has 100 valence electrons. The zero-order valence-electron chi connectivity index (χ0n) is 10.7. The van der Waals surface area contributed by atoms with Crippen molar-refractivity contribution in [3.8, 4) is 0 Å². The van der Waals surface area contributed by atoms with Crippen LogP contribution in [-0.2, 0) is 0 Å². The Bertz CT molecular complexity index is 436. The lowest BCUT2D eigenvalue weighted by Crippen LogP contribution is -2.43. The number of hydrogen-bond donors (Lipinski definition) is 2. The van der Waals surface area contributed by atoms with E-state index in [0.717, 1.165) is 25.6 Å². The molecule has 1 aliphatic heterocycles. The zero-order chi connectivity index (χ0) is 13.3. The van der Waals surface area contributed by atoms with E-state index in [4.69, 9.17) is 5.73 Å². The highest BCUT2D eigenvalue weighted by Crippen LogP contribution is 2.28. The highest BCUT2D eigenvalue weighted by Gasteiger charge is 2.25. The van der Waals surface area contributed by atoms with Crippen LogP contribution in [0.5, 0.6) is 0 Å². The molecule has 3 nitrogen and oxygen atoms in total. The molecule has 2 unspecified atom stereocenters. The minimum absolute atomic E-state index is 0.0939. The molecule has 0 spiro atoms. The Morgan fingerprint density at radius 3 is 2.78 bits per heavy atom. The molecule has 1 heterocycles. The molecule has 0 radical (unpaired) electrons. The van der Waals surface area contributed by atoms with Gasteiger partial charge >= 0.3 is 0 Å². The van der Waals surface area contributed by atoms with Crippen LogP contribution in [0.4, 0.5) is 20.2 Å². The van der Waals surface area contributed by atoms with Gasteiger partial charge in [-0.05, 0) is 38.1 Å². The lowest BCUT2D eigenvalue weighted by atomic mass is 9.94. The molecule has 1 aliphatic rings. The molecular formula is C13H19F2N3. The second kappa shape index (κ2) is 5.10. The monoisotopic (exact) mass is 255 g/mol. The van der Waals surface area contributed by atoms with E-state index < -0.39 is 11.6 Å². The van der Waals surface area contributed by atoms with Crippen molar-refractivity contribution in [1.29, 1.82) is 0 Å². The number of benzene rings is 1. The zero-order valence-corrected chi connectivity index (χ0v) is 10.7. The molecule has 2 rings (SSSR count). The smallest absolute Gasteiger partial charge is 0.183 e. The van der Waals surface area contributed by atoms with E-state index in [0.29, 0.717) is 5.92 Å². The first kappa shape index (κ1) is 13.1. The first-order valence-corrected chi connectivity index (χ1v) is 6.17. The van der Waals surface area contributed by atoms with Crippen molar-refractivity contribution in [3.63, 3.8) is 0 Å². The molecule has 18 heavy (non-hydrogen) atoms. The lowest BCUT2D eigenvalue weighted by molar-refractivity contribution is 0.206. The van der Waals surface area contributed by atoms with Crippen LogP contribution in [0.15, 0.2) is 12.1 Å². The van der Waals surface area contributed by atoms with Crippen LogP contribution in [0.1, 0.15) is 13.3 Å². The number of piperidine rings is 1. The minimum Gasteiger partial charge on any atom is -0.397 e. The van der Waals surface area contributed by atoms with E-state index in [2.05, 4.69) is 24.2 Å². The van der Waals surface area contributed by atoms with Crippen molar-refractivity contribution in [1.82, 2.24) is 4.90 Å². The molecule has 1 fully saturated rings. The predicted octanol–water partition coefficient (Wildman–Crippen LogP) is 2.30. The van der Waals surface area contributed by atoms with Gasteiger partial charge in [-0.1, -0.05) is 6.92 Å². The number of halogens is 2. The predicted molar refractivity (Wildman–Crippen MR) is 69.5 cm³/mol. The van der Waals surface area contributed by atoms with Gasteiger partial charge < -0.3 is 16.0 Å². The molecule has 0 aromatic heterocycles. The summed E-state index contributed by atoms with van der Waals surface area (Å²) >= 11 is 0. The van der Waals surface area contributed by atoms with Crippen LogP contribution in [0, 0.1) is 17.6 Å². The second-order valence-electron chi connectivity index (χ2n) is 5.10. The van der Waals surface area contributed by atoms with Crippen LogP contribution < -0.4 is 11.1 Å². The summed E-state index contributed by atoms with van der Waals surface area (Å²) in [5.41, 5.74) is 6.04. The molecule has 0 amide bonds. The van der Waals surface area contributed by atoms with Crippen LogP contribution in [0.3, 0.4) is 0 Å². The fourth-order valence-electron chi connectivity index (χ4n) is 2.47. The Kier molecular flexibility index (Phi) is 3.71. The number of nitrogen functional groups attached to an aromatic ring is 1. The third kappa shape index (κ3) is 2.56. The van der Waals surface area contributed by atoms with Gasteiger partial charge in [0.05, 0.1) is 11.4 Å². The summed E-state index contributed by atoms with van der Waals surface area (Å²) in [4.78, 5) is 2.23. The van der Waals surface area contributed by atoms with Gasteiger partial charge in [0.1, 0.15) is 0 Å². The molecule has 3 N–H and O–H groups in total. The Hall–Kier alpha value is -1.36. The van der Waals surface area contributed by atoms with E-state index in [1.807, 2.05) is 0 Å². The highest BCUT2D eigenvalue weighted by atomic mass is 19.2. The summed E-state index contributed by atoms with van der Waals surface area (Å²) < 4.78 is 26.9. The van der Waals surface area contributed by atoms with Crippen molar-refractivity contribution < 1.29 is 8.78 Å². The van der Waals surface area contributed by atoms with E-state index in [1.54, 1.807) is 0 Å². The molecule has 0 bridgehead atoms. The van der Waals surface area contributed by atoms with E-state index >= 15 is 0 Å². The van der Waals surface area contributed by atoms with Gasteiger partial charge in [0.2, 0.25) is 0 Å². The second-order valence-corrected chi connectivity index (χ2v) is 5.10. The van der Waals surface area contributed by atoms with Gasteiger partial charge in [-0.2, -0.15) is 0 Å². The number of likely N-dealkylation sites (tertiary alicyclic amines) is 1. The topological polar surface area (TPSA) is 41.3 Å². The first-order chi connectivity index (χ1) is 8.49. The summed E-state index contributed by atoms with van der Waals surface area (Å²) in [6.45, 7) is 3.98. The maximum absolute atomic E-state index is 13.7. The molecule has 5 heteroatoms. The van der Waals surface area contributed by atoms with Crippen molar-refractivity contribution in [2.75, 3.05) is 31.2 Å². The summed E-state index contributed by atoms with van der Waals surface area (Å²) in [6.07, 6.45) is 0.896. The maximum Gasteiger partial charge on any atom is 0.183 e. The first-order valence-electron chi connectivity index (χ1n) is 6.17. The van der Waals surface area contributed by atoms with Crippen LogP contribution in [0.2, 0.25) is 0 Å². The third-order valence-corrected chi connectivity index (χ3v) is 3.57. The summed E-state index contributed by atoms with van der Waals surface area (Å²) in [5.74, 6) is -1.39. The quantitative estimate of drug-likeness (QED) is 0.797. The standard InChI is InChI=1S/C13H19F2N3/c1-8-7-18(2)6-5-11(8)17-13-10(16)4-3-9(14)12(13)15/h3-4,8,11,17H,5-7,16H2,1-2H3. The van der Waals surface area contributed by atoms with Gasteiger partial charge in [-0.15, -0.1) is 0 Å². The number of nitrogens with zero attached hydrogens (tertiary/aromatic N) is 1. The Labute approximate surface area is 106 Å². The van der Waals surface area contributed by atoms with Gasteiger partial charge in [-0.3, -0.25) is 0 Å². The number of rotatable bonds is 2. The van der Waals surface area contributed by atoms with Gasteiger partial charge in [-0.25, -0.2) is 8.78 Å². The van der Waals surface area contributed by atoms with Crippen molar-refractivity contribution in [3.05, 3.63) is 23.8 Å². The number of nitrogens with one attached hydrogen (secondary N) is 1. The molecular weight excluding hydrogens is 236 g/mol. The van der Waals surface area contributed by atoms with Gasteiger partial charge in [0.25, 0.3) is 0 Å². The van der Waals surface area contributed by atoms with E-state index in [-0.39, 0.29) is 17.4 Å². The molecule has 2 atom stereocenters. The Morgan fingerprint density at radius 2 is 2.11 bits per heavy atom. The number of hydrogen-bond acceptors (Lipinski definition) is 3. The summed E-state index contributed by atoms with van der Waals surface area (Å²) in [7, 11) is 2.06. The Morgan fingerprint density at radius 1 is 1.39 bits per heavy atom. The third-order valence-electron chi connectivity index (χ3n) is 3.57. The average Bonchev–Trinajstić information content (AvgIpc) is 2.32. The highest BCUT2D eigenvalue weighted by molar-refractivity contribution is 5.67.